The molecule has 0 N–H and O–H groups in total. The van der Waals surface area contributed by atoms with Gasteiger partial charge >= 0.3 is 0 Å². The molecule has 0 radical (unpaired) electrons. The summed E-state index contributed by atoms with van der Waals surface area (Å²) in [6, 6.07) is 27.8. The van der Waals surface area contributed by atoms with Crippen LogP contribution in [0.4, 0.5) is 0 Å². The van der Waals surface area contributed by atoms with Gasteiger partial charge < -0.3 is 0 Å². The zero-order valence-electron chi connectivity index (χ0n) is 15.0. The van der Waals surface area contributed by atoms with E-state index in [1.807, 2.05) is 33.8 Å². The molecule has 0 heterocycles. The molecule has 0 nitrogen and oxygen atoms in total. The van der Waals surface area contributed by atoms with Gasteiger partial charge in [0.25, 0.3) is 0 Å². The van der Waals surface area contributed by atoms with Gasteiger partial charge in [-0.2, -0.15) is 0 Å². The maximum Gasteiger partial charge on any atom is -0.0178 e. The highest BCUT2D eigenvalue weighted by atomic mass is 14.1. The van der Waals surface area contributed by atoms with E-state index in [0.717, 1.165) is 0 Å². The number of aryl methyl sites for hydroxylation is 1. The predicted octanol–water partition coefficient (Wildman–Crippen LogP) is 7.38. The van der Waals surface area contributed by atoms with Gasteiger partial charge in [-0.3, -0.25) is 0 Å². The average molecular weight is 304 g/mol. The van der Waals surface area contributed by atoms with E-state index in [1.165, 1.54) is 27.8 Å². The molecule has 0 amide bonds. The van der Waals surface area contributed by atoms with Gasteiger partial charge in [0, 0.05) is 0 Å². The number of benzene rings is 3. The molecule has 3 aromatic carbocycles. The maximum atomic E-state index is 2.25. The summed E-state index contributed by atoms with van der Waals surface area (Å²) >= 11 is 0. The Labute approximate surface area is 141 Å². The first-order chi connectivity index (χ1) is 11.3. The zero-order valence-corrected chi connectivity index (χ0v) is 15.0. The SMILES string of the molecule is CC.CC.Cc1cccc(-c2cccc(-c3ccccc3)c2)c1. The summed E-state index contributed by atoms with van der Waals surface area (Å²) in [5.41, 5.74) is 6.36. The number of rotatable bonds is 2. The summed E-state index contributed by atoms with van der Waals surface area (Å²) in [5.74, 6) is 0. The molecule has 0 saturated heterocycles. The fraction of sp³-hybridized carbons (Fsp3) is 0.217. The lowest BCUT2D eigenvalue weighted by Gasteiger charge is -2.06. The van der Waals surface area contributed by atoms with Gasteiger partial charge in [-0.1, -0.05) is 106 Å². The van der Waals surface area contributed by atoms with Crippen LogP contribution in [0.15, 0.2) is 78.9 Å². The van der Waals surface area contributed by atoms with Crippen molar-refractivity contribution in [2.75, 3.05) is 0 Å². The summed E-state index contributed by atoms with van der Waals surface area (Å²) in [6.07, 6.45) is 0. The smallest absolute Gasteiger partial charge is 0.0178 e. The van der Waals surface area contributed by atoms with Crippen LogP contribution in [0, 0.1) is 6.92 Å². The van der Waals surface area contributed by atoms with Gasteiger partial charge in [0.1, 0.15) is 0 Å². The minimum Gasteiger partial charge on any atom is -0.0683 e. The van der Waals surface area contributed by atoms with E-state index in [2.05, 4.69) is 79.7 Å². The van der Waals surface area contributed by atoms with Gasteiger partial charge in [-0.05, 0) is 35.2 Å². The molecule has 23 heavy (non-hydrogen) atoms. The molecular weight excluding hydrogens is 276 g/mol. The molecule has 0 fully saturated rings. The predicted molar refractivity (Wildman–Crippen MR) is 105 cm³/mol. The highest BCUT2D eigenvalue weighted by Gasteiger charge is 2.01. The van der Waals surface area contributed by atoms with Crippen molar-refractivity contribution < 1.29 is 0 Å². The Morgan fingerprint density at radius 3 is 1.43 bits per heavy atom. The Morgan fingerprint density at radius 2 is 0.870 bits per heavy atom. The van der Waals surface area contributed by atoms with Crippen LogP contribution in [0.1, 0.15) is 33.3 Å². The van der Waals surface area contributed by atoms with Crippen molar-refractivity contribution in [2.24, 2.45) is 0 Å². The van der Waals surface area contributed by atoms with Crippen molar-refractivity contribution in [3.05, 3.63) is 84.4 Å². The van der Waals surface area contributed by atoms with Crippen LogP contribution in [0.2, 0.25) is 0 Å². The maximum absolute atomic E-state index is 2.25. The third-order valence-electron chi connectivity index (χ3n) is 3.32. The molecule has 0 bridgehead atoms. The van der Waals surface area contributed by atoms with E-state index >= 15 is 0 Å². The molecule has 0 saturated carbocycles. The zero-order chi connectivity index (χ0) is 17.1. The first-order valence-corrected chi connectivity index (χ1v) is 8.55. The average Bonchev–Trinajstić information content (AvgIpc) is 2.66. The van der Waals surface area contributed by atoms with Crippen molar-refractivity contribution in [1.82, 2.24) is 0 Å². The summed E-state index contributed by atoms with van der Waals surface area (Å²) in [6.45, 7) is 10.1. The lowest BCUT2D eigenvalue weighted by molar-refractivity contribution is 1.47. The Balaban J connectivity index is 0.000000615. The lowest BCUT2D eigenvalue weighted by atomic mass is 9.98. The lowest BCUT2D eigenvalue weighted by Crippen LogP contribution is -1.82. The monoisotopic (exact) mass is 304 g/mol. The molecule has 0 aromatic heterocycles. The summed E-state index contributed by atoms with van der Waals surface area (Å²) in [5, 5.41) is 0. The molecule has 0 unspecified atom stereocenters. The molecule has 3 aromatic rings. The number of hydrogen-bond acceptors (Lipinski definition) is 0. The highest BCUT2D eigenvalue weighted by Crippen LogP contribution is 2.26. The topological polar surface area (TPSA) is 0 Å². The summed E-state index contributed by atoms with van der Waals surface area (Å²) in [4.78, 5) is 0. The molecular formula is C23H28. The van der Waals surface area contributed by atoms with Crippen LogP contribution >= 0.6 is 0 Å². The van der Waals surface area contributed by atoms with E-state index < -0.39 is 0 Å². The second-order valence-electron chi connectivity index (χ2n) is 4.82. The third-order valence-corrected chi connectivity index (χ3v) is 3.32. The molecule has 0 aliphatic heterocycles. The minimum atomic E-state index is 1.26. The first-order valence-electron chi connectivity index (χ1n) is 8.55. The molecule has 120 valence electrons. The van der Waals surface area contributed by atoms with Gasteiger partial charge in [0.2, 0.25) is 0 Å². The Hall–Kier alpha value is -2.34. The van der Waals surface area contributed by atoms with Gasteiger partial charge in [0.15, 0.2) is 0 Å². The van der Waals surface area contributed by atoms with Crippen LogP contribution in [0.5, 0.6) is 0 Å². The third kappa shape index (κ3) is 5.41. The Bertz CT molecular complexity index is 681. The fourth-order valence-electron chi connectivity index (χ4n) is 2.33. The van der Waals surface area contributed by atoms with E-state index in [9.17, 15) is 0 Å². The van der Waals surface area contributed by atoms with Crippen LogP contribution in [0.3, 0.4) is 0 Å². The Morgan fingerprint density at radius 1 is 0.435 bits per heavy atom. The van der Waals surface area contributed by atoms with Crippen molar-refractivity contribution in [3.8, 4) is 22.3 Å². The highest BCUT2D eigenvalue weighted by molar-refractivity contribution is 5.73. The van der Waals surface area contributed by atoms with Crippen LogP contribution < -0.4 is 0 Å². The second-order valence-corrected chi connectivity index (χ2v) is 4.82. The van der Waals surface area contributed by atoms with Crippen LogP contribution in [-0.2, 0) is 0 Å². The van der Waals surface area contributed by atoms with Gasteiger partial charge in [0.05, 0.1) is 0 Å². The van der Waals surface area contributed by atoms with Gasteiger partial charge in [-0.25, -0.2) is 0 Å². The molecule has 3 rings (SSSR count). The van der Waals surface area contributed by atoms with Crippen LogP contribution in [-0.4, -0.2) is 0 Å². The normalized spacial score (nSPS) is 9.09. The summed E-state index contributed by atoms with van der Waals surface area (Å²) in [7, 11) is 0. The van der Waals surface area contributed by atoms with Crippen molar-refractivity contribution in [1.29, 1.82) is 0 Å². The fourth-order valence-corrected chi connectivity index (χ4v) is 2.33. The van der Waals surface area contributed by atoms with E-state index in [0.29, 0.717) is 0 Å². The molecule has 0 aliphatic rings. The largest absolute Gasteiger partial charge is 0.0683 e. The van der Waals surface area contributed by atoms with E-state index in [-0.39, 0.29) is 0 Å². The molecule has 0 heteroatoms. The minimum absolute atomic E-state index is 1.26. The number of hydrogen-bond donors (Lipinski definition) is 0. The standard InChI is InChI=1S/C19H16.2C2H6/c1-15-7-5-10-17(13-15)19-12-6-11-18(14-19)16-8-3-2-4-9-16;2*1-2/h2-14H,1H3;2*1-2H3. The van der Waals surface area contributed by atoms with Crippen molar-refractivity contribution >= 4 is 0 Å². The van der Waals surface area contributed by atoms with E-state index in [4.69, 9.17) is 0 Å². The molecule has 0 aliphatic carbocycles. The van der Waals surface area contributed by atoms with Crippen molar-refractivity contribution in [2.45, 2.75) is 34.6 Å². The quantitative estimate of drug-likeness (QED) is 0.463. The summed E-state index contributed by atoms with van der Waals surface area (Å²) < 4.78 is 0. The second kappa shape index (κ2) is 10.4. The van der Waals surface area contributed by atoms with Crippen LogP contribution in [0.25, 0.3) is 22.3 Å². The molecule has 0 atom stereocenters. The van der Waals surface area contributed by atoms with Gasteiger partial charge in [-0.15, -0.1) is 0 Å². The first kappa shape index (κ1) is 18.7. The van der Waals surface area contributed by atoms with E-state index in [1.54, 1.807) is 0 Å². The Kier molecular flexibility index (Phi) is 8.46. The molecule has 0 spiro atoms. The van der Waals surface area contributed by atoms with Crippen molar-refractivity contribution in [3.63, 3.8) is 0 Å².